The molecule has 3 rings (SSSR count). The van der Waals surface area contributed by atoms with Gasteiger partial charge in [-0.2, -0.15) is 0 Å². The smallest absolute Gasteiger partial charge is 0.237 e. The number of nitrogens with zero attached hydrogens (tertiary/aromatic N) is 3. The van der Waals surface area contributed by atoms with Crippen molar-refractivity contribution in [3.8, 4) is 0 Å². The highest BCUT2D eigenvalue weighted by molar-refractivity contribution is 8.00. The lowest BCUT2D eigenvalue weighted by Gasteiger charge is -2.20. The van der Waals surface area contributed by atoms with Crippen molar-refractivity contribution in [2.24, 2.45) is 0 Å². The molecule has 1 aromatic carbocycles. The highest BCUT2D eigenvalue weighted by Crippen LogP contribution is 2.33. The third kappa shape index (κ3) is 4.20. The molecule has 0 bridgehead atoms. The van der Waals surface area contributed by atoms with Crippen LogP contribution in [0.1, 0.15) is 61.9 Å². The van der Waals surface area contributed by atoms with Gasteiger partial charge in [0, 0.05) is 11.6 Å². The zero-order valence-corrected chi connectivity index (χ0v) is 16.5. The van der Waals surface area contributed by atoms with Gasteiger partial charge in [0.1, 0.15) is 0 Å². The van der Waals surface area contributed by atoms with E-state index in [1.54, 1.807) is 4.68 Å². The number of rotatable bonds is 5. The van der Waals surface area contributed by atoms with E-state index in [-0.39, 0.29) is 11.2 Å². The molecule has 0 saturated heterocycles. The first kappa shape index (κ1) is 18.8. The molecule has 7 heteroatoms. The summed E-state index contributed by atoms with van der Waals surface area (Å²) in [6, 6.07) is 6.03. The third-order valence-corrected chi connectivity index (χ3v) is 6.02. The largest absolute Gasteiger partial charge is 0.336 e. The van der Waals surface area contributed by atoms with E-state index in [0.29, 0.717) is 11.1 Å². The normalized spacial score (nSPS) is 16.4. The maximum absolute atomic E-state index is 12.6. The number of nitrogen functional groups attached to an aromatic ring is 1. The van der Waals surface area contributed by atoms with Crippen LogP contribution in [0.4, 0.5) is 5.69 Å². The number of nitrogens with one attached hydrogen (secondary N) is 1. The van der Waals surface area contributed by atoms with Crippen LogP contribution in [0.3, 0.4) is 0 Å². The van der Waals surface area contributed by atoms with Crippen molar-refractivity contribution in [3.05, 3.63) is 35.2 Å². The van der Waals surface area contributed by atoms with Crippen LogP contribution in [-0.4, -0.2) is 26.0 Å². The fourth-order valence-electron chi connectivity index (χ4n) is 3.32. The molecular weight excluding hydrogens is 346 g/mol. The monoisotopic (exact) mass is 373 g/mol. The van der Waals surface area contributed by atoms with E-state index >= 15 is 0 Å². The predicted octanol–water partition coefficient (Wildman–Crippen LogP) is 3.78. The number of carbonyl (C=O) groups is 1. The second kappa shape index (κ2) is 8.12. The number of hydrogen-bond donors (Lipinski definition) is 2. The van der Waals surface area contributed by atoms with Crippen LogP contribution < -0.4 is 11.2 Å². The Morgan fingerprint density at radius 2 is 2.00 bits per heavy atom. The molecule has 1 unspecified atom stereocenters. The lowest BCUT2D eigenvalue weighted by atomic mass is 9.89. The number of anilines is 1. The number of hydrogen-bond acceptors (Lipinski definition) is 5. The number of thioether (sulfide) groups is 1. The molecule has 1 heterocycles. The first-order valence-corrected chi connectivity index (χ1v) is 10.1. The van der Waals surface area contributed by atoms with Gasteiger partial charge in [0.25, 0.3) is 0 Å². The number of aromatic nitrogens is 3. The van der Waals surface area contributed by atoms with Crippen molar-refractivity contribution in [1.82, 2.24) is 14.9 Å². The fourth-order valence-corrected chi connectivity index (χ4v) is 4.10. The van der Waals surface area contributed by atoms with Crippen molar-refractivity contribution in [2.75, 3.05) is 11.2 Å². The third-order valence-electron chi connectivity index (χ3n) is 4.96. The average Bonchev–Trinajstić information content (AvgIpc) is 2.99. The van der Waals surface area contributed by atoms with Gasteiger partial charge < -0.3 is 11.2 Å². The molecule has 0 radical (unpaired) electrons. The van der Waals surface area contributed by atoms with Gasteiger partial charge in [0.05, 0.1) is 5.25 Å². The minimum atomic E-state index is -0.319. The maximum atomic E-state index is 12.6. The quantitative estimate of drug-likeness (QED) is 0.615. The second-order valence-electron chi connectivity index (χ2n) is 7.11. The van der Waals surface area contributed by atoms with E-state index in [1.807, 2.05) is 39.0 Å². The van der Waals surface area contributed by atoms with Gasteiger partial charge in [-0.1, -0.05) is 43.2 Å². The molecule has 1 fully saturated rings. The Bertz CT molecular complexity index is 782. The highest BCUT2D eigenvalue weighted by atomic mass is 32.2. The van der Waals surface area contributed by atoms with Crippen LogP contribution in [0.15, 0.2) is 23.4 Å². The Balaban J connectivity index is 1.65. The molecule has 1 aliphatic carbocycles. The number of nitrogens with two attached hydrogens (primary N) is 1. The molecular formula is C19H27N5OS. The van der Waals surface area contributed by atoms with E-state index in [0.717, 1.165) is 35.5 Å². The Hall–Kier alpha value is -2.02. The molecule has 1 aromatic heterocycles. The Morgan fingerprint density at radius 1 is 1.27 bits per heavy atom. The topological polar surface area (TPSA) is 85.8 Å². The van der Waals surface area contributed by atoms with Gasteiger partial charge in [-0.25, -0.2) is 4.68 Å². The summed E-state index contributed by atoms with van der Waals surface area (Å²) >= 11 is 1.34. The fraction of sp³-hybridized carbons (Fsp3) is 0.526. The Morgan fingerprint density at radius 3 is 2.73 bits per heavy atom. The zero-order valence-electron chi connectivity index (χ0n) is 15.7. The van der Waals surface area contributed by atoms with Crippen molar-refractivity contribution >= 4 is 23.4 Å². The minimum Gasteiger partial charge on any atom is -0.336 e. The lowest BCUT2D eigenvalue weighted by molar-refractivity contribution is -0.115. The number of benzene rings is 1. The summed E-state index contributed by atoms with van der Waals surface area (Å²) in [7, 11) is 0. The summed E-state index contributed by atoms with van der Waals surface area (Å²) in [5, 5.41) is 11.8. The van der Waals surface area contributed by atoms with Gasteiger partial charge in [-0.05, 0) is 50.8 Å². The van der Waals surface area contributed by atoms with E-state index < -0.39 is 0 Å². The highest BCUT2D eigenvalue weighted by Gasteiger charge is 2.25. The summed E-state index contributed by atoms with van der Waals surface area (Å²) in [4.78, 5) is 12.6. The zero-order chi connectivity index (χ0) is 18.7. The van der Waals surface area contributed by atoms with Crippen LogP contribution in [0, 0.1) is 13.8 Å². The van der Waals surface area contributed by atoms with Gasteiger partial charge in [0.15, 0.2) is 5.82 Å². The number of carbonyl (C=O) groups excluding carboxylic acids is 1. The average molecular weight is 374 g/mol. The molecule has 3 N–H and O–H groups in total. The molecule has 140 valence electrons. The molecule has 6 nitrogen and oxygen atoms in total. The molecule has 1 saturated carbocycles. The molecule has 0 aliphatic heterocycles. The van der Waals surface area contributed by atoms with E-state index in [9.17, 15) is 4.79 Å². The Labute approximate surface area is 158 Å². The van der Waals surface area contributed by atoms with E-state index in [2.05, 4.69) is 15.5 Å². The first-order chi connectivity index (χ1) is 12.5. The summed E-state index contributed by atoms with van der Waals surface area (Å²) in [5.41, 5.74) is 3.01. The van der Waals surface area contributed by atoms with Gasteiger partial charge in [-0.15, -0.1) is 10.2 Å². The maximum Gasteiger partial charge on any atom is 0.237 e. The first-order valence-electron chi connectivity index (χ1n) is 9.21. The van der Waals surface area contributed by atoms with Crippen LogP contribution in [-0.2, 0) is 4.79 Å². The van der Waals surface area contributed by atoms with Crippen molar-refractivity contribution in [2.45, 2.75) is 69.2 Å². The summed E-state index contributed by atoms with van der Waals surface area (Å²) in [6.45, 7) is 5.86. The van der Waals surface area contributed by atoms with Crippen LogP contribution in [0.25, 0.3) is 0 Å². The molecule has 0 spiro atoms. The summed E-state index contributed by atoms with van der Waals surface area (Å²) in [5.74, 6) is 7.38. The van der Waals surface area contributed by atoms with Crippen molar-refractivity contribution in [3.63, 3.8) is 0 Å². The summed E-state index contributed by atoms with van der Waals surface area (Å²) in [6.07, 6.45) is 5.95. The molecule has 26 heavy (non-hydrogen) atoms. The number of aryl methyl sites for hydroxylation is 2. The lowest BCUT2D eigenvalue weighted by Crippen LogP contribution is -2.24. The SMILES string of the molecule is Cc1ccc(C)c(NC(=O)C(C)Sc2nnc(C3CCCCC3)n2N)c1. The second-order valence-corrected chi connectivity index (χ2v) is 8.42. The molecule has 1 aliphatic rings. The van der Waals surface area contributed by atoms with Crippen molar-refractivity contribution < 1.29 is 4.79 Å². The predicted molar refractivity (Wildman–Crippen MR) is 106 cm³/mol. The van der Waals surface area contributed by atoms with Crippen LogP contribution in [0.2, 0.25) is 0 Å². The van der Waals surface area contributed by atoms with Crippen molar-refractivity contribution in [1.29, 1.82) is 0 Å². The molecule has 1 amide bonds. The van der Waals surface area contributed by atoms with E-state index in [4.69, 9.17) is 5.84 Å². The summed E-state index contributed by atoms with van der Waals surface area (Å²) < 4.78 is 1.57. The van der Waals surface area contributed by atoms with Gasteiger partial charge >= 0.3 is 0 Å². The Kier molecular flexibility index (Phi) is 5.86. The standard InChI is InChI=1S/C19H27N5OS/c1-12-9-10-13(2)16(11-12)21-18(25)14(3)26-19-23-22-17(24(19)20)15-7-5-4-6-8-15/h9-11,14-15H,4-8,20H2,1-3H3,(H,21,25). The van der Waals surface area contributed by atoms with Crippen LogP contribution in [0.5, 0.6) is 0 Å². The van der Waals surface area contributed by atoms with Crippen LogP contribution >= 0.6 is 11.8 Å². The van der Waals surface area contributed by atoms with E-state index in [1.165, 1.54) is 31.0 Å². The van der Waals surface area contributed by atoms with Gasteiger partial charge in [0.2, 0.25) is 11.1 Å². The minimum absolute atomic E-state index is 0.0640. The number of amides is 1. The molecule has 1 atom stereocenters. The van der Waals surface area contributed by atoms with Gasteiger partial charge in [-0.3, -0.25) is 4.79 Å². The molecule has 2 aromatic rings.